The number of benzene rings is 1. The molecule has 0 spiro atoms. The highest BCUT2D eigenvalue weighted by Gasteiger charge is 2.21. The first-order valence-corrected chi connectivity index (χ1v) is 9.04. The molecule has 130 valence electrons. The Balaban J connectivity index is 1.86. The minimum absolute atomic E-state index is 0.0279. The van der Waals surface area contributed by atoms with Gasteiger partial charge in [0.05, 0.1) is 7.11 Å². The molecule has 2 rings (SSSR count). The van der Waals surface area contributed by atoms with Gasteiger partial charge >= 0.3 is 0 Å². The van der Waals surface area contributed by atoms with Gasteiger partial charge < -0.3 is 15.4 Å². The molecule has 2 aromatic rings. The SMILES string of the molecule is CN=C(NCCc1cccs1)NCC(C)(C)c1cccc(OC)c1. The lowest BCUT2D eigenvalue weighted by Gasteiger charge is -2.27. The van der Waals surface area contributed by atoms with Gasteiger partial charge in [-0.05, 0) is 35.6 Å². The maximum atomic E-state index is 5.33. The smallest absolute Gasteiger partial charge is 0.191 e. The van der Waals surface area contributed by atoms with Gasteiger partial charge in [0.15, 0.2) is 5.96 Å². The predicted octanol–water partition coefficient (Wildman–Crippen LogP) is 3.44. The summed E-state index contributed by atoms with van der Waals surface area (Å²) >= 11 is 1.79. The van der Waals surface area contributed by atoms with Gasteiger partial charge in [0.1, 0.15) is 5.75 Å². The molecule has 1 aromatic heterocycles. The Morgan fingerprint density at radius 2 is 2.04 bits per heavy atom. The lowest BCUT2D eigenvalue weighted by molar-refractivity contribution is 0.411. The minimum atomic E-state index is -0.0279. The molecule has 0 saturated carbocycles. The van der Waals surface area contributed by atoms with Crippen LogP contribution in [0.1, 0.15) is 24.3 Å². The number of guanidine groups is 1. The first kappa shape index (κ1) is 18.3. The number of hydrogen-bond donors (Lipinski definition) is 2. The van der Waals surface area contributed by atoms with E-state index >= 15 is 0 Å². The zero-order valence-corrected chi connectivity index (χ0v) is 15.7. The largest absolute Gasteiger partial charge is 0.497 e. The van der Waals surface area contributed by atoms with E-state index in [0.717, 1.165) is 31.2 Å². The Labute approximate surface area is 149 Å². The number of methoxy groups -OCH3 is 1. The standard InChI is InChI=1S/C19H27N3OS/c1-19(2,15-7-5-8-16(13-15)23-4)14-22-18(20-3)21-11-10-17-9-6-12-24-17/h5-9,12-13H,10-11,14H2,1-4H3,(H2,20,21,22). The first-order chi connectivity index (χ1) is 11.5. The third-order valence-corrected chi connectivity index (χ3v) is 4.95. The number of hydrogen-bond acceptors (Lipinski definition) is 3. The van der Waals surface area contributed by atoms with Gasteiger partial charge in [-0.25, -0.2) is 0 Å². The fraction of sp³-hybridized carbons (Fsp3) is 0.421. The van der Waals surface area contributed by atoms with Crippen LogP contribution in [0.4, 0.5) is 0 Å². The maximum Gasteiger partial charge on any atom is 0.191 e. The van der Waals surface area contributed by atoms with Crippen LogP contribution in [-0.4, -0.2) is 33.2 Å². The van der Waals surface area contributed by atoms with Crippen LogP contribution in [0.25, 0.3) is 0 Å². The Morgan fingerprint density at radius 3 is 2.71 bits per heavy atom. The molecule has 2 N–H and O–H groups in total. The summed E-state index contributed by atoms with van der Waals surface area (Å²) in [6, 6.07) is 12.5. The number of nitrogens with one attached hydrogen (secondary N) is 2. The first-order valence-electron chi connectivity index (χ1n) is 8.16. The summed E-state index contributed by atoms with van der Waals surface area (Å²) in [5.74, 6) is 1.72. The van der Waals surface area contributed by atoms with E-state index in [1.54, 1.807) is 25.5 Å². The van der Waals surface area contributed by atoms with Gasteiger partial charge in [-0.15, -0.1) is 11.3 Å². The molecule has 0 bridgehead atoms. The number of aliphatic imine (C=N–C) groups is 1. The summed E-state index contributed by atoms with van der Waals surface area (Å²) in [5, 5.41) is 8.91. The number of ether oxygens (including phenoxy) is 1. The average molecular weight is 346 g/mol. The van der Waals surface area contributed by atoms with Gasteiger partial charge in [0.2, 0.25) is 0 Å². The molecular weight excluding hydrogens is 318 g/mol. The van der Waals surface area contributed by atoms with E-state index in [0.29, 0.717) is 0 Å². The van der Waals surface area contributed by atoms with Gasteiger partial charge in [-0.1, -0.05) is 32.0 Å². The molecule has 0 unspecified atom stereocenters. The quantitative estimate of drug-likeness (QED) is 0.597. The Kier molecular flexibility index (Phi) is 6.67. The van der Waals surface area contributed by atoms with Gasteiger partial charge in [0.25, 0.3) is 0 Å². The van der Waals surface area contributed by atoms with Crippen molar-refractivity contribution in [1.29, 1.82) is 0 Å². The second kappa shape index (κ2) is 8.73. The van der Waals surface area contributed by atoms with Crippen molar-refractivity contribution in [3.8, 4) is 5.75 Å². The van der Waals surface area contributed by atoms with Crippen molar-refractivity contribution >= 4 is 17.3 Å². The highest BCUT2D eigenvalue weighted by Crippen LogP contribution is 2.25. The Morgan fingerprint density at radius 1 is 1.21 bits per heavy atom. The lowest BCUT2D eigenvalue weighted by Crippen LogP contribution is -2.44. The van der Waals surface area contributed by atoms with Crippen molar-refractivity contribution in [2.24, 2.45) is 4.99 Å². The van der Waals surface area contributed by atoms with Crippen LogP contribution in [0.5, 0.6) is 5.75 Å². The topological polar surface area (TPSA) is 45.7 Å². The van der Waals surface area contributed by atoms with E-state index in [1.807, 2.05) is 12.1 Å². The molecule has 4 nitrogen and oxygen atoms in total. The summed E-state index contributed by atoms with van der Waals surface area (Å²) in [5.41, 5.74) is 1.21. The van der Waals surface area contributed by atoms with Crippen LogP contribution in [-0.2, 0) is 11.8 Å². The zero-order chi connectivity index (χ0) is 17.4. The van der Waals surface area contributed by atoms with Crippen molar-refractivity contribution < 1.29 is 4.74 Å². The summed E-state index contributed by atoms with van der Waals surface area (Å²) < 4.78 is 5.33. The van der Waals surface area contributed by atoms with Crippen LogP contribution >= 0.6 is 11.3 Å². The monoisotopic (exact) mass is 345 g/mol. The summed E-state index contributed by atoms with van der Waals surface area (Å²) in [4.78, 5) is 5.69. The summed E-state index contributed by atoms with van der Waals surface area (Å²) in [6.45, 7) is 6.10. The second-order valence-corrected chi connectivity index (χ2v) is 7.33. The van der Waals surface area contributed by atoms with Gasteiger partial charge in [0, 0.05) is 30.4 Å². The van der Waals surface area contributed by atoms with Crippen molar-refractivity contribution in [3.05, 3.63) is 52.2 Å². The molecule has 1 aromatic carbocycles. The molecule has 0 fully saturated rings. The van der Waals surface area contributed by atoms with E-state index in [1.165, 1.54) is 10.4 Å². The van der Waals surface area contributed by atoms with E-state index in [9.17, 15) is 0 Å². The summed E-state index contributed by atoms with van der Waals surface area (Å²) in [7, 11) is 3.50. The normalized spacial score (nSPS) is 12.1. The Bertz CT molecular complexity index is 650. The van der Waals surface area contributed by atoms with Crippen LogP contribution in [0.3, 0.4) is 0 Å². The molecule has 0 saturated heterocycles. The van der Waals surface area contributed by atoms with Crippen LogP contribution in [0.2, 0.25) is 0 Å². The van der Waals surface area contributed by atoms with Gasteiger partial charge in [-0.3, -0.25) is 4.99 Å². The minimum Gasteiger partial charge on any atom is -0.497 e. The van der Waals surface area contributed by atoms with E-state index in [2.05, 4.69) is 59.1 Å². The maximum absolute atomic E-state index is 5.33. The van der Waals surface area contributed by atoms with Crippen molar-refractivity contribution in [2.75, 3.05) is 27.2 Å². The van der Waals surface area contributed by atoms with Crippen LogP contribution in [0.15, 0.2) is 46.8 Å². The van der Waals surface area contributed by atoms with Crippen molar-refractivity contribution in [1.82, 2.24) is 10.6 Å². The molecule has 0 radical (unpaired) electrons. The number of nitrogens with zero attached hydrogens (tertiary/aromatic N) is 1. The van der Waals surface area contributed by atoms with Gasteiger partial charge in [-0.2, -0.15) is 0 Å². The summed E-state index contributed by atoms with van der Waals surface area (Å²) in [6.07, 6.45) is 1.01. The Hall–Kier alpha value is -2.01. The molecule has 0 aliphatic carbocycles. The van der Waals surface area contributed by atoms with E-state index in [4.69, 9.17) is 4.74 Å². The molecule has 24 heavy (non-hydrogen) atoms. The van der Waals surface area contributed by atoms with Crippen LogP contribution < -0.4 is 15.4 Å². The second-order valence-electron chi connectivity index (χ2n) is 6.30. The molecule has 5 heteroatoms. The molecule has 0 aliphatic rings. The van der Waals surface area contributed by atoms with Crippen molar-refractivity contribution in [2.45, 2.75) is 25.7 Å². The van der Waals surface area contributed by atoms with Crippen molar-refractivity contribution in [3.63, 3.8) is 0 Å². The number of rotatable bonds is 7. The fourth-order valence-electron chi connectivity index (χ4n) is 2.43. The predicted molar refractivity (Wildman–Crippen MR) is 103 cm³/mol. The molecule has 1 heterocycles. The molecule has 0 atom stereocenters. The fourth-order valence-corrected chi connectivity index (χ4v) is 3.14. The van der Waals surface area contributed by atoms with E-state index < -0.39 is 0 Å². The highest BCUT2D eigenvalue weighted by molar-refractivity contribution is 7.09. The third kappa shape index (κ3) is 5.27. The average Bonchev–Trinajstić information content (AvgIpc) is 3.11. The zero-order valence-electron chi connectivity index (χ0n) is 14.9. The number of thiophene rings is 1. The molecular formula is C19H27N3OS. The molecule has 0 amide bonds. The third-order valence-electron chi connectivity index (χ3n) is 4.02. The highest BCUT2D eigenvalue weighted by atomic mass is 32.1. The van der Waals surface area contributed by atoms with Crippen LogP contribution in [0, 0.1) is 0 Å². The molecule has 0 aliphatic heterocycles. The lowest BCUT2D eigenvalue weighted by atomic mass is 9.84. The van der Waals surface area contributed by atoms with E-state index in [-0.39, 0.29) is 5.41 Å².